The van der Waals surface area contributed by atoms with Gasteiger partial charge >= 0.3 is 0 Å². The number of anilines is 2. The summed E-state index contributed by atoms with van der Waals surface area (Å²) in [6, 6.07) is 22.2. The quantitative estimate of drug-likeness (QED) is 0.588. The van der Waals surface area contributed by atoms with E-state index in [1.54, 1.807) is 48.5 Å². The molecule has 0 spiro atoms. The highest BCUT2D eigenvalue weighted by atomic mass is 19.1. The summed E-state index contributed by atoms with van der Waals surface area (Å²) in [6.07, 6.45) is 0. The van der Waals surface area contributed by atoms with Gasteiger partial charge in [-0.3, -0.25) is 9.59 Å². The Kier molecular flexibility index (Phi) is 5.19. The first-order chi connectivity index (χ1) is 14.5. The van der Waals surface area contributed by atoms with Crippen LogP contribution < -0.4 is 10.2 Å². The van der Waals surface area contributed by atoms with Crippen molar-refractivity contribution in [2.75, 3.05) is 10.2 Å². The van der Waals surface area contributed by atoms with Crippen LogP contribution in [0.5, 0.6) is 0 Å². The number of amides is 2. The molecule has 0 saturated heterocycles. The van der Waals surface area contributed by atoms with E-state index in [1.165, 1.54) is 12.1 Å². The molecule has 0 fully saturated rings. The van der Waals surface area contributed by atoms with E-state index in [0.29, 0.717) is 22.9 Å². The Morgan fingerprint density at radius 2 is 1.53 bits per heavy atom. The Bertz CT molecular complexity index is 1140. The zero-order valence-corrected chi connectivity index (χ0v) is 16.7. The van der Waals surface area contributed by atoms with Crippen molar-refractivity contribution in [2.24, 2.45) is 0 Å². The number of carbonyl (C=O) groups is 2. The number of rotatable bonds is 5. The summed E-state index contributed by atoms with van der Waals surface area (Å²) >= 11 is 0. The topological polar surface area (TPSA) is 49.4 Å². The molecule has 0 unspecified atom stereocenters. The van der Waals surface area contributed by atoms with Crippen LogP contribution in [0.15, 0.2) is 84.6 Å². The molecule has 30 heavy (non-hydrogen) atoms. The molecule has 2 amide bonds. The van der Waals surface area contributed by atoms with Crippen LogP contribution in [-0.4, -0.2) is 11.8 Å². The minimum absolute atomic E-state index is 0.129. The smallest absolute Gasteiger partial charge is 0.282 e. The first kappa shape index (κ1) is 19.6. The molecule has 0 atom stereocenters. The lowest BCUT2D eigenvalue weighted by atomic mass is 10.0. The maximum atomic E-state index is 13.7. The zero-order valence-electron chi connectivity index (χ0n) is 16.7. The molecule has 1 heterocycles. The van der Waals surface area contributed by atoms with Gasteiger partial charge in [-0.05, 0) is 47.4 Å². The average Bonchev–Trinajstić information content (AvgIpc) is 2.98. The third kappa shape index (κ3) is 3.62. The highest BCUT2D eigenvalue weighted by molar-refractivity contribution is 6.46. The zero-order chi connectivity index (χ0) is 21.3. The van der Waals surface area contributed by atoms with Gasteiger partial charge in [0.15, 0.2) is 0 Å². The highest BCUT2D eigenvalue weighted by Crippen LogP contribution is 2.34. The Morgan fingerprint density at radius 1 is 0.833 bits per heavy atom. The molecule has 0 radical (unpaired) electrons. The van der Waals surface area contributed by atoms with E-state index in [9.17, 15) is 14.0 Å². The minimum Gasteiger partial charge on any atom is -0.350 e. The van der Waals surface area contributed by atoms with Crippen molar-refractivity contribution in [3.8, 4) is 0 Å². The van der Waals surface area contributed by atoms with Crippen molar-refractivity contribution >= 4 is 28.8 Å². The molecule has 1 aliphatic rings. The largest absolute Gasteiger partial charge is 0.350 e. The highest BCUT2D eigenvalue weighted by Gasteiger charge is 2.40. The number of nitrogens with one attached hydrogen (secondary N) is 1. The Labute approximate surface area is 174 Å². The van der Waals surface area contributed by atoms with E-state index in [-0.39, 0.29) is 11.3 Å². The Morgan fingerprint density at radius 3 is 2.17 bits per heavy atom. The molecule has 0 aromatic heterocycles. The molecular weight excluding hydrogens is 379 g/mol. The van der Waals surface area contributed by atoms with Crippen LogP contribution in [-0.2, 0) is 9.59 Å². The van der Waals surface area contributed by atoms with Gasteiger partial charge < -0.3 is 5.32 Å². The molecule has 0 saturated carbocycles. The molecule has 1 aliphatic heterocycles. The number of benzene rings is 3. The number of hydrogen-bond donors (Lipinski definition) is 1. The van der Waals surface area contributed by atoms with Crippen LogP contribution >= 0.6 is 0 Å². The maximum absolute atomic E-state index is 13.7. The summed E-state index contributed by atoms with van der Waals surface area (Å²) < 4.78 is 13.7. The summed E-state index contributed by atoms with van der Waals surface area (Å²) in [4.78, 5) is 27.8. The van der Waals surface area contributed by atoms with Crippen molar-refractivity contribution in [3.05, 3.63) is 102 Å². The summed E-state index contributed by atoms with van der Waals surface area (Å²) in [5, 5.41) is 2.97. The van der Waals surface area contributed by atoms with E-state index < -0.39 is 17.6 Å². The number of carbonyl (C=O) groups excluding carboxylic acids is 2. The van der Waals surface area contributed by atoms with Gasteiger partial charge in [0.1, 0.15) is 11.5 Å². The molecule has 3 aromatic rings. The molecule has 1 N–H and O–H groups in total. The van der Waals surface area contributed by atoms with Crippen LogP contribution in [0.2, 0.25) is 0 Å². The van der Waals surface area contributed by atoms with Crippen LogP contribution in [0, 0.1) is 5.82 Å². The number of halogens is 1. The Hall–Kier alpha value is -3.73. The number of nitrogens with zero attached hydrogens (tertiary/aromatic N) is 1. The molecule has 150 valence electrons. The second-order valence-electron chi connectivity index (χ2n) is 7.44. The van der Waals surface area contributed by atoms with E-state index in [0.717, 1.165) is 10.5 Å². The third-order valence-corrected chi connectivity index (χ3v) is 5.06. The Balaban J connectivity index is 1.77. The second kappa shape index (κ2) is 7.95. The van der Waals surface area contributed by atoms with Crippen LogP contribution in [0.1, 0.15) is 30.9 Å². The average molecular weight is 400 g/mol. The number of hydrogen-bond acceptors (Lipinski definition) is 3. The van der Waals surface area contributed by atoms with Crippen molar-refractivity contribution in [1.82, 2.24) is 0 Å². The SMILES string of the molecule is CC(C)c1ccc(N2C(=O)C(Nc3cccc(F)c3)=C(c3ccccc3)C2=O)cc1. The maximum Gasteiger partial charge on any atom is 0.282 e. The first-order valence-electron chi connectivity index (χ1n) is 9.76. The van der Waals surface area contributed by atoms with Gasteiger partial charge in [-0.25, -0.2) is 9.29 Å². The fourth-order valence-electron chi connectivity index (χ4n) is 3.47. The van der Waals surface area contributed by atoms with Gasteiger partial charge in [0.2, 0.25) is 0 Å². The predicted octanol–water partition coefficient (Wildman–Crippen LogP) is 5.35. The summed E-state index contributed by atoms with van der Waals surface area (Å²) in [6.45, 7) is 4.16. The minimum atomic E-state index is -0.472. The molecular formula is C25H21FN2O2. The van der Waals surface area contributed by atoms with Crippen molar-refractivity contribution in [1.29, 1.82) is 0 Å². The summed E-state index contributed by atoms with van der Waals surface area (Å²) in [7, 11) is 0. The molecule has 4 nitrogen and oxygen atoms in total. The van der Waals surface area contributed by atoms with Gasteiger partial charge in [0, 0.05) is 5.69 Å². The summed E-state index contributed by atoms with van der Waals surface area (Å²) in [5.74, 6) is -0.977. The van der Waals surface area contributed by atoms with Crippen LogP contribution in [0.4, 0.5) is 15.8 Å². The van der Waals surface area contributed by atoms with Gasteiger partial charge in [0.05, 0.1) is 11.3 Å². The van der Waals surface area contributed by atoms with Gasteiger partial charge in [-0.1, -0.05) is 62.4 Å². The first-order valence-corrected chi connectivity index (χ1v) is 9.76. The normalized spacial score (nSPS) is 14.1. The fraction of sp³-hybridized carbons (Fsp3) is 0.120. The van der Waals surface area contributed by atoms with Gasteiger partial charge in [-0.15, -0.1) is 0 Å². The summed E-state index contributed by atoms with van der Waals surface area (Å²) in [5.41, 5.74) is 3.03. The molecule has 5 heteroatoms. The van der Waals surface area contributed by atoms with E-state index in [4.69, 9.17) is 0 Å². The fourth-order valence-corrected chi connectivity index (χ4v) is 3.47. The van der Waals surface area contributed by atoms with Gasteiger partial charge in [-0.2, -0.15) is 0 Å². The van der Waals surface area contributed by atoms with Crippen molar-refractivity contribution in [2.45, 2.75) is 19.8 Å². The van der Waals surface area contributed by atoms with E-state index in [2.05, 4.69) is 19.2 Å². The third-order valence-electron chi connectivity index (χ3n) is 5.06. The number of imide groups is 1. The molecule has 0 aliphatic carbocycles. The lowest BCUT2D eigenvalue weighted by Gasteiger charge is -2.16. The standard InChI is InChI=1S/C25H21FN2O2/c1-16(2)17-11-13-21(14-12-17)28-24(29)22(18-7-4-3-5-8-18)23(25(28)30)27-20-10-6-9-19(26)15-20/h3-16,27H,1-2H3. The van der Waals surface area contributed by atoms with Crippen LogP contribution in [0.25, 0.3) is 5.57 Å². The van der Waals surface area contributed by atoms with Crippen molar-refractivity contribution < 1.29 is 14.0 Å². The van der Waals surface area contributed by atoms with E-state index >= 15 is 0 Å². The lowest BCUT2D eigenvalue weighted by molar-refractivity contribution is -0.120. The monoisotopic (exact) mass is 400 g/mol. The van der Waals surface area contributed by atoms with Gasteiger partial charge in [0.25, 0.3) is 11.8 Å². The lowest BCUT2D eigenvalue weighted by Crippen LogP contribution is -2.32. The predicted molar refractivity (Wildman–Crippen MR) is 116 cm³/mol. The van der Waals surface area contributed by atoms with Crippen LogP contribution in [0.3, 0.4) is 0 Å². The molecule has 4 rings (SSSR count). The molecule has 3 aromatic carbocycles. The van der Waals surface area contributed by atoms with Crippen molar-refractivity contribution in [3.63, 3.8) is 0 Å². The molecule has 0 bridgehead atoms. The second-order valence-corrected chi connectivity index (χ2v) is 7.44. The van der Waals surface area contributed by atoms with E-state index in [1.807, 2.05) is 18.2 Å².